The number of guanidine groups is 1. The summed E-state index contributed by atoms with van der Waals surface area (Å²) in [7, 11) is 3.09. The Bertz CT molecular complexity index is 1090. The smallest absolute Gasteiger partial charge is 0.386 e. The standard InChI is InChI=1S/C20H20N5O3/c1-22-17-16(18(27)23(2)20(22)28)25-11-15(26)10-24(19(25)21-17)14-8-7-12-5-3-4-6-13(12)9-14/h3-9,15-16,26H,10-11H2,1-2H3/q+1. The molecule has 1 saturated heterocycles. The fraction of sp³-hybridized carbons (Fsp3) is 0.300. The molecule has 5 rings (SSSR count). The first-order valence-corrected chi connectivity index (χ1v) is 9.17. The number of β-amino-alcohol motifs (C(OH)–C–C–N with tert-alkyl or cyclic N) is 1. The summed E-state index contributed by atoms with van der Waals surface area (Å²) in [5.41, 5.74) is 0.884. The molecule has 3 amide bonds. The molecule has 2 unspecified atom stereocenters. The highest BCUT2D eigenvalue weighted by molar-refractivity contribution is 6.24. The van der Waals surface area contributed by atoms with Gasteiger partial charge in [0, 0.05) is 14.1 Å². The van der Waals surface area contributed by atoms with Gasteiger partial charge >= 0.3 is 12.0 Å². The van der Waals surface area contributed by atoms with Gasteiger partial charge in [-0.15, -0.1) is 0 Å². The molecule has 2 atom stereocenters. The SMILES string of the molecule is CN1C(=O)C2C(=NC3=[N+]2CC(O)CN3c2ccc3ccccc3c2)N(C)C1=O. The third-order valence-electron chi connectivity index (χ3n) is 5.60. The second-order valence-corrected chi connectivity index (χ2v) is 7.36. The van der Waals surface area contributed by atoms with Gasteiger partial charge in [-0.1, -0.05) is 35.3 Å². The average Bonchev–Trinajstić information content (AvgIpc) is 3.09. The van der Waals surface area contributed by atoms with Crippen molar-refractivity contribution in [3.8, 4) is 0 Å². The van der Waals surface area contributed by atoms with Crippen LogP contribution in [0.2, 0.25) is 0 Å². The summed E-state index contributed by atoms with van der Waals surface area (Å²) in [4.78, 5) is 34.2. The minimum atomic E-state index is -0.694. The van der Waals surface area contributed by atoms with Crippen molar-refractivity contribution >= 4 is 40.2 Å². The van der Waals surface area contributed by atoms with Crippen LogP contribution < -0.4 is 4.90 Å². The third kappa shape index (κ3) is 2.27. The maximum absolute atomic E-state index is 12.8. The molecule has 2 aromatic carbocycles. The first kappa shape index (κ1) is 16.9. The van der Waals surface area contributed by atoms with Crippen LogP contribution in [-0.2, 0) is 4.79 Å². The number of benzene rings is 2. The van der Waals surface area contributed by atoms with E-state index in [4.69, 9.17) is 0 Å². The summed E-state index contributed by atoms with van der Waals surface area (Å²) in [5.74, 6) is 0.663. The van der Waals surface area contributed by atoms with E-state index in [9.17, 15) is 14.7 Å². The number of rotatable bonds is 1. The Morgan fingerprint density at radius 2 is 1.82 bits per heavy atom. The zero-order valence-electron chi connectivity index (χ0n) is 15.6. The van der Waals surface area contributed by atoms with E-state index in [1.807, 2.05) is 47.4 Å². The maximum Gasteiger partial charge on any atom is 0.397 e. The lowest BCUT2D eigenvalue weighted by atomic mass is 10.1. The minimum Gasteiger partial charge on any atom is -0.386 e. The number of hydrogen-bond donors (Lipinski definition) is 1. The molecule has 8 heteroatoms. The summed E-state index contributed by atoms with van der Waals surface area (Å²) in [6, 6.07) is 13.0. The third-order valence-corrected chi connectivity index (χ3v) is 5.60. The van der Waals surface area contributed by atoms with E-state index < -0.39 is 18.2 Å². The minimum absolute atomic E-state index is 0.290. The highest BCUT2D eigenvalue weighted by Gasteiger charge is 2.54. The van der Waals surface area contributed by atoms with Crippen molar-refractivity contribution in [2.45, 2.75) is 12.1 Å². The number of urea groups is 1. The molecule has 1 fully saturated rings. The number of imide groups is 1. The van der Waals surface area contributed by atoms with Crippen LogP contribution in [0.15, 0.2) is 47.5 Å². The number of aliphatic imine (C=N–C) groups is 1. The van der Waals surface area contributed by atoms with E-state index in [-0.39, 0.29) is 5.91 Å². The monoisotopic (exact) mass is 378 g/mol. The largest absolute Gasteiger partial charge is 0.397 e. The molecule has 0 spiro atoms. The van der Waals surface area contributed by atoms with Crippen LogP contribution in [0.3, 0.4) is 0 Å². The Balaban J connectivity index is 1.63. The molecule has 8 nitrogen and oxygen atoms in total. The molecule has 28 heavy (non-hydrogen) atoms. The molecule has 2 aromatic rings. The molecular weight excluding hydrogens is 358 g/mol. The van der Waals surface area contributed by atoms with Gasteiger partial charge in [-0.3, -0.25) is 14.6 Å². The van der Waals surface area contributed by atoms with Gasteiger partial charge in [-0.25, -0.2) is 14.3 Å². The van der Waals surface area contributed by atoms with Gasteiger partial charge in [0.1, 0.15) is 18.3 Å². The number of aliphatic hydroxyl groups excluding tert-OH is 1. The van der Waals surface area contributed by atoms with Crippen LogP contribution in [0.5, 0.6) is 0 Å². The van der Waals surface area contributed by atoms with Crippen molar-refractivity contribution in [1.82, 2.24) is 9.80 Å². The fourth-order valence-electron chi connectivity index (χ4n) is 4.13. The lowest BCUT2D eigenvalue weighted by Gasteiger charge is -2.33. The van der Waals surface area contributed by atoms with Crippen LogP contribution in [0.1, 0.15) is 0 Å². The Hall–Kier alpha value is -3.26. The summed E-state index contributed by atoms with van der Waals surface area (Å²) in [6.45, 7) is 0.661. The highest BCUT2D eigenvalue weighted by Crippen LogP contribution is 2.28. The van der Waals surface area contributed by atoms with Gasteiger partial charge in [0.25, 0.3) is 5.91 Å². The van der Waals surface area contributed by atoms with Crippen molar-refractivity contribution in [2.75, 3.05) is 32.1 Å². The lowest BCUT2D eigenvalue weighted by Crippen LogP contribution is -2.63. The van der Waals surface area contributed by atoms with Crippen molar-refractivity contribution < 1.29 is 19.3 Å². The van der Waals surface area contributed by atoms with E-state index in [1.54, 1.807) is 11.6 Å². The molecular formula is C20H20N5O3+. The van der Waals surface area contributed by atoms with Crippen molar-refractivity contribution in [3.63, 3.8) is 0 Å². The van der Waals surface area contributed by atoms with E-state index >= 15 is 0 Å². The van der Waals surface area contributed by atoms with Crippen LogP contribution in [0.25, 0.3) is 10.8 Å². The second kappa shape index (κ2) is 5.87. The van der Waals surface area contributed by atoms with Crippen molar-refractivity contribution in [1.29, 1.82) is 0 Å². The quantitative estimate of drug-likeness (QED) is 0.741. The van der Waals surface area contributed by atoms with E-state index in [0.29, 0.717) is 24.9 Å². The zero-order valence-corrected chi connectivity index (χ0v) is 15.6. The summed E-state index contributed by atoms with van der Waals surface area (Å²) in [5, 5.41) is 12.7. The predicted octanol–water partition coefficient (Wildman–Crippen LogP) is 0.694. The Labute approximate surface area is 161 Å². The molecule has 0 radical (unpaired) electrons. The van der Waals surface area contributed by atoms with E-state index in [1.165, 1.54) is 11.9 Å². The van der Waals surface area contributed by atoms with E-state index in [2.05, 4.69) is 4.99 Å². The van der Waals surface area contributed by atoms with Crippen LogP contribution in [-0.4, -0.2) is 82.5 Å². The molecule has 0 aromatic heterocycles. The number of carbonyl (C=O) groups is 2. The number of likely N-dealkylation sites (N-methyl/N-ethyl adjacent to an activating group) is 2. The Morgan fingerprint density at radius 3 is 2.61 bits per heavy atom. The van der Waals surface area contributed by atoms with Gasteiger partial charge in [0.05, 0.1) is 6.54 Å². The van der Waals surface area contributed by atoms with E-state index in [0.717, 1.165) is 21.4 Å². The van der Waals surface area contributed by atoms with Crippen LogP contribution >= 0.6 is 0 Å². The number of hydrogen-bond acceptors (Lipinski definition) is 5. The number of amides is 3. The zero-order chi connectivity index (χ0) is 19.6. The predicted molar refractivity (Wildman–Crippen MR) is 105 cm³/mol. The van der Waals surface area contributed by atoms with Crippen molar-refractivity contribution in [3.05, 3.63) is 42.5 Å². The number of aliphatic hydroxyl groups is 1. The van der Waals surface area contributed by atoms with Gasteiger partial charge in [-0.05, 0) is 22.9 Å². The lowest BCUT2D eigenvalue weighted by molar-refractivity contribution is -0.547. The fourth-order valence-corrected chi connectivity index (χ4v) is 4.13. The normalized spacial score (nSPS) is 24.7. The van der Waals surface area contributed by atoms with Gasteiger partial charge < -0.3 is 5.11 Å². The van der Waals surface area contributed by atoms with Crippen molar-refractivity contribution in [2.24, 2.45) is 4.99 Å². The van der Waals surface area contributed by atoms with Gasteiger partial charge in [-0.2, -0.15) is 0 Å². The number of fused-ring (bicyclic) bond motifs is 3. The maximum atomic E-state index is 12.8. The van der Waals surface area contributed by atoms with Crippen LogP contribution in [0.4, 0.5) is 10.5 Å². The average molecular weight is 378 g/mol. The number of amidine groups is 1. The molecule has 0 saturated carbocycles. The first-order valence-electron chi connectivity index (χ1n) is 9.17. The topological polar surface area (TPSA) is 79.5 Å². The Kier molecular flexibility index (Phi) is 3.54. The first-order chi connectivity index (χ1) is 13.5. The number of nitrogens with zero attached hydrogens (tertiary/aromatic N) is 5. The Morgan fingerprint density at radius 1 is 1.07 bits per heavy atom. The number of anilines is 1. The summed E-state index contributed by atoms with van der Waals surface area (Å²) in [6.07, 6.45) is -0.647. The molecule has 142 valence electrons. The summed E-state index contributed by atoms with van der Waals surface area (Å²) >= 11 is 0. The molecule has 3 aliphatic heterocycles. The van der Waals surface area contributed by atoms with Crippen LogP contribution in [0, 0.1) is 0 Å². The molecule has 3 aliphatic rings. The summed E-state index contributed by atoms with van der Waals surface area (Å²) < 4.78 is 1.79. The second-order valence-electron chi connectivity index (χ2n) is 7.36. The molecule has 3 heterocycles. The highest BCUT2D eigenvalue weighted by atomic mass is 16.3. The molecule has 0 aliphatic carbocycles. The van der Waals surface area contributed by atoms with Gasteiger partial charge in [0.15, 0.2) is 0 Å². The molecule has 0 bridgehead atoms. The number of carbonyl (C=O) groups excluding carboxylic acids is 2. The molecule has 1 N–H and O–H groups in total. The van der Waals surface area contributed by atoms with Gasteiger partial charge in [0.2, 0.25) is 11.9 Å².